The van der Waals surface area contributed by atoms with E-state index in [1.54, 1.807) is 0 Å². The van der Waals surface area contributed by atoms with Crippen LogP contribution in [0.15, 0.2) is 225 Å². The molecule has 5 nitrogen and oxygen atoms in total. The first-order valence-corrected chi connectivity index (χ1v) is 24.8. The van der Waals surface area contributed by atoms with Crippen molar-refractivity contribution < 1.29 is 0 Å². The van der Waals surface area contributed by atoms with Gasteiger partial charge in [0.15, 0.2) is 0 Å². The number of rotatable bonds is 4. The van der Waals surface area contributed by atoms with E-state index < -0.39 is 10.8 Å². The molecule has 15 rings (SSSR count). The van der Waals surface area contributed by atoms with Crippen LogP contribution in [0.25, 0.3) is 21.7 Å². The molecule has 11 aromatic rings. The number of hydrogen-bond donors (Lipinski definition) is 0. The van der Waals surface area contributed by atoms with Gasteiger partial charge in [-0.3, -0.25) is 9.97 Å². The van der Waals surface area contributed by atoms with Crippen molar-refractivity contribution >= 4 is 78.9 Å². The van der Waals surface area contributed by atoms with Crippen LogP contribution < -0.4 is 26.2 Å². The van der Waals surface area contributed by atoms with Crippen LogP contribution in [0.4, 0.5) is 34.1 Å². The summed E-state index contributed by atoms with van der Waals surface area (Å²) in [4.78, 5) is 20.9. The van der Waals surface area contributed by atoms with Gasteiger partial charge in [0.2, 0.25) is 0 Å². The first kappa shape index (κ1) is 40.3. The molecule has 2 unspecified atom stereocenters. The van der Waals surface area contributed by atoms with Gasteiger partial charge in [0.05, 0.1) is 39.1 Å². The lowest BCUT2D eigenvalue weighted by molar-refractivity contribution is 0.578. The van der Waals surface area contributed by atoms with Crippen molar-refractivity contribution in [2.24, 2.45) is 0 Å². The molecule has 7 heterocycles. The minimum atomic E-state index is -0.700. The number of anilines is 6. The van der Waals surface area contributed by atoms with Gasteiger partial charge < -0.3 is 9.80 Å². The maximum Gasteiger partial charge on any atom is 0.252 e. The van der Waals surface area contributed by atoms with Crippen molar-refractivity contribution in [1.82, 2.24) is 15.0 Å². The third-order valence-corrected chi connectivity index (χ3v) is 16.2. The smallest absolute Gasteiger partial charge is 0.252 e. The fourth-order valence-corrected chi connectivity index (χ4v) is 13.6. The first-order valence-electron chi connectivity index (χ1n) is 24.8. The molecular weight excluding hydrogens is 862 g/mol. The monoisotopic (exact) mass is 907 g/mol. The van der Waals surface area contributed by atoms with E-state index in [1.165, 1.54) is 77.6 Å². The number of benzene rings is 8. The zero-order valence-electron chi connectivity index (χ0n) is 39.7. The summed E-state index contributed by atoms with van der Waals surface area (Å²) in [6, 6.07) is 74.8. The lowest BCUT2D eigenvalue weighted by Gasteiger charge is -2.53. The summed E-state index contributed by atoms with van der Waals surface area (Å²) in [6.45, 7) is 6.75. The number of fused-ring (bicyclic) bond motifs is 12. The fraction of sp³-hybridized carbons (Fsp3) is 0.0923. The molecule has 4 aliphatic heterocycles. The summed E-state index contributed by atoms with van der Waals surface area (Å²) in [6.07, 6.45) is 7.94. The molecule has 0 amide bonds. The predicted octanol–water partition coefficient (Wildman–Crippen LogP) is 13.0. The molecule has 0 fully saturated rings. The van der Waals surface area contributed by atoms with E-state index in [4.69, 9.17) is 15.0 Å². The van der Waals surface area contributed by atoms with E-state index in [9.17, 15) is 0 Å². The van der Waals surface area contributed by atoms with Gasteiger partial charge in [0.1, 0.15) is 0 Å². The third-order valence-electron chi connectivity index (χ3n) is 16.2. The molecule has 3 aromatic heterocycles. The molecule has 2 atom stereocenters. The maximum atomic E-state index is 5.98. The van der Waals surface area contributed by atoms with Crippen molar-refractivity contribution in [2.45, 2.75) is 37.0 Å². The van der Waals surface area contributed by atoms with Crippen molar-refractivity contribution in [1.29, 1.82) is 0 Å². The van der Waals surface area contributed by atoms with Crippen molar-refractivity contribution in [3.05, 3.63) is 275 Å². The zero-order valence-corrected chi connectivity index (χ0v) is 39.7. The maximum absolute atomic E-state index is 5.98. The van der Waals surface area contributed by atoms with E-state index in [-0.39, 0.29) is 12.1 Å². The normalized spacial score (nSPS) is 17.8. The topological polar surface area (TPSA) is 45.2 Å². The van der Waals surface area contributed by atoms with Crippen molar-refractivity contribution in [3.63, 3.8) is 0 Å². The highest BCUT2D eigenvalue weighted by Gasteiger charge is 2.56. The highest BCUT2D eigenvalue weighted by atomic mass is 15.2. The van der Waals surface area contributed by atoms with Gasteiger partial charge in [-0.2, -0.15) is 0 Å². The SMILES string of the molecule is CC(C)(C)c1nc2c3c4c(cc2c2ccccc12)N1c2ccccc2C(c2ccccc2)(c2cccnc2)c2cccc(c21)B4c1cccc2c1N3c1ccccc1C2(c1ccccc1)c1cccnc1. The summed E-state index contributed by atoms with van der Waals surface area (Å²) >= 11 is 0. The number of para-hydroxylation sites is 4. The van der Waals surface area contributed by atoms with Gasteiger partial charge in [-0.15, -0.1) is 0 Å². The van der Waals surface area contributed by atoms with Crippen LogP contribution in [0.2, 0.25) is 0 Å². The number of hydrogen-bond acceptors (Lipinski definition) is 5. The fourth-order valence-electron chi connectivity index (χ4n) is 13.6. The molecule has 0 radical (unpaired) electrons. The molecule has 0 aliphatic carbocycles. The van der Waals surface area contributed by atoms with Crippen LogP contribution in [0.3, 0.4) is 0 Å². The molecule has 0 bridgehead atoms. The Balaban J connectivity index is 1.17. The highest BCUT2D eigenvalue weighted by Crippen LogP contribution is 2.62. The highest BCUT2D eigenvalue weighted by molar-refractivity contribution is 7.00. The second-order valence-corrected chi connectivity index (χ2v) is 20.7. The Bertz CT molecular complexity index is 3910. The molecule has 4 aliphatic rings. The molecule has 8 aromatic carbocycles. The molecule has 0 saturated heterocycles. The molecule has 0 N–H and O–H groups in total. The van der Waals surface area contributed by atoms with Crippen LogP contribution in [0.5, 0.6) is 0 Å². The van der Waals surface area contributed by atoms with Crippen molar-refractivity contribution in [3.8, 4) is 0 Å². The Morgan fingerprint density at radius 1 is 0.408 bits per heavy atom. The van der Waals surface area contributed by atoms with Crippen LogP contribution in [0.1, 0.15) is 71.0 Å². The van der Waals surface area contributed by atoms with E-state index in [1.807, 2.05) is 12.4 Å². The summed E-state index contributed by atoms with van der Waals surface area (Å²) in [5.74, 6) is 0. The molecule has 334 valence electrons. The van der Waals surface area contributed by atoms with Crippen molar-refractivity contribution in [2.75, 3.05) is 9.80 Å². The van der Waals surface area contributed by atoms with E-state index in [0.29, 0.717) is 0 Å². The lowest BCUT2D eigenvalue weighted by atomic mass is 9.32. The Labute approximate surface area is 413 Å². The van der Waals surface area contributed by atoms with Crippen LogP contribution >= 0.6 is 0 Å². The Kier molecular flexibility index (Phi) is 8.21. The largest absolute Gasteiger partial charge is 0.311 e. The Morgan fingerprint density at radius 3 is 1.44 bits per heavy atom. The summed E-state index contributed by atoms with van der Waals surface area (Å²) in [5, 5.41) is 3.52. The standard InChI is InChI=1S/C65H46BN5/c1-63(2,3)62-46-27-11-10-26-45(46)47-38-56-57-61(58(47)69-62)71-55-35-15-13-29-49(55)65(42-22-8-5-9-23-42,44-25-19-37-68-40-44)51-31-17-33-53(60(51)71)66(57)52-32-16-30-50-59(52)70(56)54-34-14-12-28-48(54)64(50,41-20-6-4-7-21-41)43-24-18-36-67-39-43/h4-40H,1-3H3. The van der Waals surface area contributed by atoms with Gasteiger partial charge >= 0.3 is 0 Å². The summed E-state index contributed by atoms with van der Waals surface area (Å²) in [5.41, 5.74) is 20.9. The Morgan fingerprint density at radius 2 is 0.887 bits per heavy atom. The van der Waals surface area contributed by atoms with Gasteiger partial charge in [0, 0.05) is 58.0 Å². The average molecular weight is 908 g/mol. The second-order valence-electron chi connectivity index (χ2n) is 20.7. The lowest BCUT2D eigenvalue weighted by Crippen LogP contribution is -2.63. The molecule has 0 spiro atoms. The minimum Gasteiger partial charge on any atom is -0.311 e. The van der Waals surface area contributed by atoms with Gasteiger partial charge in [-0.05, 0) is 96.6 Å². The molecule has 0 saturated carbocycles. The van der Waals surface area contributed by atoms with E-state index in [0.717, 1.165) is 44.8 Å². The Hall–Kier alpha value is -8.61. The molecular formula is C65H46BN5. The zero-order chi connectivity index (χ0) is 47.2. The van der Waals surface area contributed by atoms with Gasteiger partial charge in [0.25, 0.3) is 6.71 Å². The summed E-state index contributed by atoms with van der Waals surface area (Å²) < 4.78 is 0. The van der Waals surface area contributed by atoms with Gasteiger partial charge in [-0.1, -0.05) is 191 Å². The van der Waals surface area contributed by atoms with Crippen LogP contribution in [-0.2, 0) is 16.2 Å². The third kappa shape index (κ3) is 5.08. The van der Waals surface area contributed by atoms with Crippen LogP contribution in [-0.4, -0.2) is 21.7 Å². The first-order chi connectivity index (χ1) is 34.9. The second kappa shape index (κ2) is 14.5. The molecule has 6 heteroatoms. The van der Waals surface area contributed by atoms with Crippen LogP contribution in [0, 0.1) is 0 Å². The predicted molar refractivity (Wildman–Crippen MR) is 291 cm³/mol. The number of aromatic nitrogens is 3. The molecule has 71 heavy (non-hydrogen) atoms. The number of nitrogens with zero attached hydrogens (tertiary/aromatic N) is 5. The van der Waals surface area contributed by atoms with E-state index in [2.05, 4.69) is 243 Å². The average Bonchev–Trinajstić information content (AvgIpc) is 3.44. The summed E-state index contributed by atoms with van der Waals surface area (Å²) in [7, 11) is 0. The minimum absolute atomic E-state index is 0.159. The quantitative estimate of drug-likeness (QED) is 0.130. The van der Waals surface area contributed by atoms with E-state index >= 15 is 0 Å². The number of pyridine rings is 3. The van der Waals surface area contributed by atoms with Gasteiger partial charge in [-0.25, -0.2) is 4.98 Å².